The first-order chi connectivity index (χ1) is 19.5. The minimum atomic E-state index is -4.54. The second-order valence-electron chi connectivity index (χ2n) is 11.7. The summed E-state index contributed by atoms with van der Waals surface area (Å²) in [7, 11) is -4.54. The van der Waals surface area contributed by atoms with Gasteiger partial charge in [0.05, 0.1) is 22.4 Å². The monoisotopic (exact) mass is 608 g/mol. The molecular formula is C34H53KN2O3S. The van der Waals surface area contributed by atoms with Crippen LogP contribution in [0.5, 0.6) is 0 Å². The quantitative estimate of drug-likeness (QED) is 0.0906. The van der Waals surface area contributed by atoms with Crippen molar-refractivity contribution in [1.82, 2.24) is 0 Å². The van der Waals surface area contributed by atoms with Gasteiger partial charge in [-0.1, -0.05) is 152 Å². The zero-order valence-corrected chi connectivity index (χ0v) is 29.9. The molecular weight excluding hydrogens is 556 g/mol. The Bertz CT molecular complexity index is 1060. The molecule has 0 aliphatic carbocycles. The van der Waals surface area contributed by atoms with E-state index in [0.29, 0.717) is 12.2 Å². The third-order valence-electron chi connectivity index (χ3n) is 8.30. The van der Waals surface area contributed by atoms with E-state index in [2.05, 4.69) is 29.3 Å². The van der Waals surface area contributed by atoms with Crippen molar-refractivity contribution in [3.8, 4) is 0 Å². The number of nitrogens with one attached hydrogen (secondary N) is 1. The van der Waals surface area contributed by atoms with Crippen LogP contribution < -0.4 is 61.6 Å². The predicted molar refractivity (Wildman–Crippen MR) is 168 cm³/mol. The van der Waals surface area contributed by atoms with Crippen molar-refractivity contribution in [3.05, 3.63) is 54.1 Å². The van der Waals surface area contributed by atoms with E-state index >= 15 is 0 Å². The Morgan fingerprint density at radius 3 is 1.66 bits per heavy atom. The average molecular weight is 609 g/mol. The Hall–Kier alpha value is -0.414. The standard InChI is InChI=1S/C34H54N2O3S.K/c1-2-3-4-5-6-7-8-9-10-11-12-13-14-15-16-17-18-22-28-33-35-34-31(26-23-27-32(34)40(37,38)39)36(33)29-30-24-20-19-21-25-30;/h19-21,23-27,33,35H,2-18,22,28-29H2,1H3,(H,37,38,39);/q;+1/p-1. The molecule has 1 N–H and O–H groups in total. The summed E-state index contributed by atoms with van der Waals surface area (Å²) in [4.78, 5) is 2.07. The Labute approximate surface area is 293 Å². The normalized spacial score (nSPS) is 14.5. The number of anilines is 2. The molecule has 1 aliphatic rings. The molecule has 0 saturated carbocycles. The molecule has 5 nitrogen and oxygen atoms in total. The summed E-state index contributed by atoms with van der Waals surface area (Å²) >= 11 is 0. The summed E-state index contributed by atoms with van der Waals surface area (Å²) in [6.07, 6.45) is 25.3. The molecule has 0 amide bonds. The van der Waals surface area contributed by atoms with Crippen molar-refractivity contribution in [2.75, 3.05) is 10.2 Å². The van der Waals surface area contributed by atoms with E-state index in [1.165, 1.54) is 115 Å². The maximum absolute atomic E-state index is 11.9. The van der Waals surface area contributed by atoms with Crippen molar-refractivity contribution >= 4 is 21.5 Å². The molecule has 1 aliphatic heterocycles. The van der Waals surface area contributed by atoms with E-state index in [0.717, 1.165) is 24.1 Å². The first kappa shape index (κ1) is 36.8. The van der Waals surface area contributed by atoms with Crippen molar-refractivity contribution < 1.29 is 64.4 Å². The van der Waals surface area contributed by atoms with Crippen LogP contribution in [0, 0.1) is 0 Å². The molecule has 41 heavy (non-hydrogen) atoms. The van der Waals surface area contributed by atoms with Gasteiger partial charge in [0.1, 0.15) is 10.1 Å². The van der Waals surface area contributed by atoms with Crippen LogP contribution in [-0.4, -0.2) is 19.1 Å². The molecule has 224 valence electrons. The van der Waals surface area contributed by atoms with Crippen LogP contribution in [0.2, 0.25) is 0 Å². The summed E-state index contributed by atoms with van der Waals surface area (Å²) < 4.78 is 35.7. The van der Waals surface area contributed by atoms with E-state index in [9.17, 15) is 13.0 Å². The Kier molecular flexibility index (Phi) is 19.1. The number of nitrogens with zero attached hydrogens (tertiary/aromatic N) is 1. The number of hydrogen-bond donors (Lipinski definition) is 1. The second-order valence-corrected chi connectivity index (χ2v) is 13.0. The fourth-order valence-corrected chi connectivity index (χ4v) is 6.63. The topological polar surface area (TPSA) is 72.5 Å². The molecule has 1 atom stereocenters. The van der Waals surface area contributed by atoms with E-state index in [1.54, 1.807) is 6.07 Å². The van der Waals surface area contributed by atoms with E-state index < -0.39 is 10.1 Å². The third-order valence-corrected chi connectivity index (χ3v) is 9.18. The minimum Gasteiger partial charge on any atom is -0.744 e. The summed E-state index contributed by atoms with van der Waals surface area (Å²) in [5.74, 6) is 0. The molecule has 0 aromatic heterocycles. The molecule has 0 radical (unpaired) electrons. The van der Waals surface area contributed by atoms with Gasteiger partial charge in [-0.3, -0.25) is 0 Å². The molecule has 0 saturated heterocycles. The van der Waals surface area contributed by atoms with E-state index in [4.69, 9.17) is 0 Å². The molecule has 7 heteroatoms. The van der Waals surface area contributed by atoms with Crippen LogP contribution in [-0.2, 0) is 16.7 Å². The van der Waals surface area contributed by atoms with Crippen LogP contribution in [0.25, 0.3) is 0 Å². The van der Waals surface area contributed by atoms with Crippen molar-refractivity contribution in [2.45, 2.75) is 147 Å². The van der Waals surface area contributed by atoms with Gasteiger partial charge in [-0.25, -0.2) is 8.42 Å². The van der Waals surface area contributed by atoms with Crippen molar-refractivity contribution in [3.63, 3.8) is 0 Å². The average Bonchev–Trinajstić information content (AvgIpc) is 3.29. The fourth-order valence-electron chi connectivity index (χ4n) is 5.97. The van der Waals surface area contributed by atoms with Gasteiger partial charge < -0.3 is 14.8 Å². The summed E-state index contributed by atoms with van der Waals surface area (Å²) in [5.41, 5.74) is 2.42. The van der Waals surface area contributed by atoms with Gasteiger partial charge in [0, 0.05) is 6.54 Å². The zero-order valence-electron chi connectivity index (χ0n) is 25.9. The smallest absolute Gasteiger partial charge is 0.744 e. The number of hydrogen-bond acceptors (Lipinski definition) is 5. The maximum Gasteiger partial charge on any atom is 1.00 e. The van der Waals surface area contributed by atoms with Crippen molar-refractivity contribution in [1.29, 1.82) is 0 Å². The van der Waals surface area contributed by atoms with Crippen molar-refractivity contribution in [2.24, 2.45) is 0 Å². The van der Waals surface area contributed by atoms with Crippen LogP contribution >= 0.6 is 0 Å². The summed E-state index contributed by atoms with van der Waals surface area (Å²) in [5, 5.41) is 3.38. The van der Waals surface area contributed by atoms with E-state index in [1.807, 2.05) is 24.3 Å². The Balaban J connectivity index is 0.00000588. The number of benzene rings is 2. The van der Waals surface area contributed by atoms with E-state index in [-0.39, 0.29) is 62.4 Å². The molecule has 0 spiro atoms. The largest absolute Gasteiger partial charge is 1.00 e. The van der Waals surface area contributed by atoms with Gasteiger partial charge in [-0.05, 0) is 30.5 Å². The molecule has 1 unspecified atom stereocenters. The van der Waals surface area contributed by atoms with Gasteiger partial charge in [0.2, 0.25) is 0 Å². The SMILES string of the molecule is CCCCCCCCCCCCCCCCCCCCC1Nc2c(cccc2S(=O)(=O)[O-])N1Cc1ccccc1.[K+]. The first-order valence-electron chi connectivity index (χ1n) is 16.2. The second kappa shape index (κ2) is 21.3. The summed E-state index contributed by atoms with van der Waals surface area (Å²) in [6, 6.07) is 15.2. The van der Waals surface area contributed by atoms with Crippen LogP contribution in [0.15, 0.2) is 53.4 Å². The zero-order chi connectivity index (χ0) is 28.5. The summed E-state index contributed by atoms with van der Waals surface area (Å²) in [6.45, 7) is 2.95. The van der Waals surface area contributed by atoms with Crippen LogP contribution in [0.4, 0.5) is 11.4 Å². The number of fused-ring (bicyclic) bond motifs is 1. The van der Waals surface area contributed by atoms with Crippen LogP contribution in [0.3, 0.4) is 0 Å². The first-order valence-corrected chi connectivity index (χ1v) is 17.6. The van der Waals surface area contributed by atoms with Gasteiger partial charge >= 0.3 is 51.4 Å². The molecule has 3 rings (SSSR count). The number of rotatable bonds is 22. The Morgan fingerprint density at radius 1 is 0.683 bits per heavy atom. The van der Waals surface area contributed by atoms with Gasteiger partial charge in [0.25, 0.3) is 0 Å². The molecule has 2 aromatic carbocycles. The van der Waals surface area contributed by atoms with Gasteiger partial charge in [-0.15, -0.1) is 0 Å². The molecule has 0 bridgehead atoms. The molecule has 1 heterocycles. The van der Waals surface area contributed by atoms with Gasteiger partial charge in [-0.2, -0.15) is 0 Å². The number of unbranched alkanes of at least 4 members (excludes halogenated alkanes) is 17. The predicted octanol–water partition coefficient (Wildman–Crippen LogP) is 6.78. The fraction of sp³-hybridized carbons (Fsp3) is 0.647. The number of para-hydroxylation sites is 1. The maximum atomic E-state index is 11.9. The van der Waals surface area contributed by atoms with Gasteiger partial charge in [0.15, 0.2) is 0 Å². The minimum absolute atomic E-state index is 0. The third kappa shape index (κ3) is 13.8. The van der Waals surface area contributed by atoms with Crippen LogP contribution in [0.1, 0.15) is 134 Å². The Morgan fingerprint density at radius 2 is 1.17 bits per heavy atom. The molecule has 2 aromatic rings. The molecule has 0 fully saturated rings.